The molecule has 0 bridgehead atoms. The molecular weight excluding hydrogens is 548 g/mol. The number of amides is 1. The number of carbonyl (C=O) groups is 2. The summed E-state index contributed by atoms with van der Waals surface area (Å²) in [4.78, 5) is 28.8. The second kappa shape index (κ2) is 11.1. The van der Waals surface area contributed by atoms with Crippen LogP contribution in [0.1, 0.15) is 11.1 Å². The first-order chi connectivity index (χ1) is 18.0. The number of thiophene rings is 1. The summed E-state index contributed by atoms with van der Waals surface area (Å²) in [5.41, 5.74) is 1.35. The van der Waals surface area contributed by atoms with Crippen molar-refractivity contribution in [1.82, 2.24) is 14.1 Å². The molecule has 3 aromatic rings. The molecule has 0 spiro atoms. The first kappa shape index (κ1) is 27.6. The minimum absolute atomic E-state index is 0.0625. The van der Waals surface area contributed by atoms with Crippen LogP contribution < -0.4 is 0 Å². The number of ether oxygens (including phenoxy) is 1. The second-order valence-electron chi connectivity index (χ2n) is 8.71. The van der Waals surface area contributed by atoms with Crippen LogP contribution in [-0.2, 0) is 30.9 Å². The van der Waals surface area contributed by atoms with Gasteiger partial charge in [0.2, 0.25) is 5.91 Å². The van der Waals surface area contributed by atoms with Gasteiger partial charge in [0.25, 0.3) is 10.0 Å². The summed E-state index contributed by atoms with van der Waals surface area (Å²) in [5.74, 6) is 1.50. The third-order valence-corrected chi connectivity index (χ3v) is 9.80. The summed E-state index contributed by atoms with van der Waals surface area (Å²) in [6.45, 7) is -0.292. The van der Waals surface area contributed by atoms with Gasteiger partial charge >= 0.3 is 5.97 Å². The highest BCUT2D eigenvalue weighted by atomic mass is 35.5. The highest BCUT2D eigenvalue weighted by Gasteiger charge is 2.42. The minimum Gasteiger partial charge on any atom is -0.467 e. The van der Waals surface area contributed by atoms with E-state index < -0.39 is 34.5 Å². The number of esters is 1. The Labute approximate surface area is 230 Å². The van der Waals surface area contributed by atoms with Crippen molar-refractivity contribution in [3.63, 3.8) is 0 Å². The van der Waals surface area contributed by atoms with E-state index in [2.05, 4.69) is 5.92 Å². The molecule has 0 unspecified atom stereocenters. The number of fused-ring (bicyclic) bond motifs is 1. The largest absolute Gasteiger partial charge is 0.467 e. The molecule has 1 amide bonds. The third-order valence-electron chi connectivity index (χ3n) is 6.20. The van der Waals surface area contributed by atoms with E-state index in [1.807, 2.05) is 0 Å². The lowest BCUT2D eigenvalue weighted by Crippen LogP contribution is -2.60. The number of sulfonamides is 1. The van der Waals surface area contributed by atoms with Gasteiger partial charge in [-0.3, -0.25) is 10.2 Å². The Balaban J connectivity index is 1.56. The van der Waals surface area contributed by atoms with Crippen molar-refractivity contribution in [3.8, 4) is 12.3 Å². The van der Waals surface area contributed by atoms with Crippen molar-refractivity contribution in [1.29, 1.82) is 5.41 Å². The van der Waals surface area contributed by atoms with E-state index in [-0.39, 0.29) is 23.1 Å². The molecule has 12 heteroatoms. The van der Waals surface area contributed by atoms with Crippen molar-refractivity contribution in [2.24, 2.45) is 0 Å². The molecule has 2 heterocycles. The van der Waals surface area contributed by atoms with E-state index >= 15 is 0 Å². The Kier molecular flexibility index (Phi) is 8.08. The van der Waals surface area contributed by atoms with E-state index in [9.17, 15) is 18.0 Å². The normalized spacial score (nSPS) is 16.3. The lowest BCUT2D eigenvalue weighted by atomic mass is 10.1. The number of amidine groups is 1. The van der Waals surface area contributed by atoms with Crippen LogP contribution in [-0.4, -0.2) is 80.1 Å². The average molecular weight is 573 g/mol. The number of carbonyl (C=O) groups excluding carboxylic acids is 2. The minimum atomic E-state index is -4.06. The van der Waals surface area contributed by atoms with E-state index in [0.717, 1.165) is 21.0 Å². The van der Waals surface area contributed by atoms with Crippen LogP contribution >= 0.6 is 22.9 Å². The lowest BCUT2D eigenvalue weighted by Gasteiger charge is -2.38. The molecule has 1 atom stereocenters. The van der Waals surface area contributed by atoms with E-state index in [1.165, 1.54) is 18.1 Å². The van der Waals surface area contributed by atoms with Crippen molar-refractivity contribution in [2.75, 3.05) is 33.8 Å². The molecule has 1 aliphatic rings. The molecule has 4 rings (SSSR count). The summed E-state index contributed by atoms with van der Waals surface area (Å²) >= 11 is 7.09. The first-order valence-electron chi connectivity index (χ1n) is 11.4. The van der Waals surface area contributed by atoms with Crippen LogP contribution in [0.3, 0.4) is 0 Å². The van der Waals surface area contributed by atoms with Crippen molar-refractivity contribution in [3.05, 3.63) is 64.7 Å². The smallest absolute Gasteiger partial charge is 0.329 e. The molecule has 38 heavy (non-hydrogen) atoms. The van der Waals surface area contributed by atoms with Gasteiger partial charge in [0, 0.05) is 35.4 Å². The fraction of sp³-hybridized carbons (Fsp3) is 0.269. The molecule has 9 nitrogen and oxygen atoms in total. The van der Waals surface area contributed by atoms with Gasteiger partial charge in [-0.05, 0) is 29.1 Å². The maximum atomic E-state index is 13.5. The van der Waals surface area contributed by atoms with Gasteiger partial charge in [-0.1, -0.05) is 47.9 Å². The fourth-order valence-electron chi connectivity index (χ4n) is 4.13. The maximum Gasteiger partial charge on any atom is 0.329 e. The highest BCUT2D eigenvalue weighted by molar-refractivity contribution is 7.91. The topological polar surface area (TPSA) is 111 Å². The standard InChI is InChI=1S/C26H25ClN4O5S2/c1-4-11-29(2)25(28)18-7-5-17(6-8-18)14-31-21(26(33)36-3)15-30(16-23(31)32)38(34,35)24-12-19-9-10-20(27)13-22(19)37-24/h1,5-10,12-13,21,28H,11,14-16H2,2-3H3/t21-/m1/s1. The van der Waals surface area contributed by atoms with Gasteiger partial charge in [0.1, 0.15) is 16.1 Å². The summed E-state index contributed by atoms with van der Waals surface area (Å²) in [5, 5.41) is 9.45. The number of methoxy groups -OCH3 is 1. The Bertz CT molecular complexity index is 1550. The number of nitrogens with zero attached hydrogens (tertiary/aromatic N) is 3. The van der Waals surface area contributed by atoms with Gasteiger partial charge in [0.05, 0.1) is 20.2 Å². The number of halogens is 1. The predicted octanol–water partition coefficient (Wildman–Crippen LogP) is 3.02. The van der Waals surface area contributed by atoms with Gasteiger partial charge in [-0.2, -0.15) is 4.31 Å². The lowest BCUT2D eigenvalue weighted by molar-refractivity contribution is -0.157. The van der Waals surface area contributed by atoms with Crippen LogP contribution in [0, 0.1) is 17.8 Å². The first-order valence-corrected chi connectivity index (χ1v) is 14.1. The highest BCUT2D eigenvalue weighted by Crippen LogP contribution is 2.33. The number of hydrogen-bond acceptors (Lipinski definition) is 7. The molecule has 198 valence electrons. The predicted molar refractivity (Wildman–Crippen MR) is 147 cm³/mol. The molecule has 0 saturated carbocycles. The third kappa shape index (κ3) is 5.54. The van der Waals surface area contributed by atoms with Gasteiger partial charge < -0.3 is 14.5 Å². The number of rotatable bonds is 7. The molecule has 0 aliphatic carbocycles. The number of hydrogen-bond donors (Lipinski definition) is 1. The van der Waals surface area contributed by atoms with Crippen molar-refractivity contribution in [2.45, 2.75) is 16.8 Å². The number of piperazine rings is 1. The van der Waals surface area contributed by atoms with Crippen LogP contribution in [0.15, 0.2) is 52.7 Å². The summed E-state index contributed by atoms with van der Waals surface area (Å²) in [7, 11) is -1.14. The maximum absolute atomic E-state index is 13.5. The number of nitrogens with one attached hydrogen (secondary N) is 1. The Morgan fingerprint density at radius 1 is 1.26 bits per heavy atom. The van der Waals surface area contributed by atoms with Crippen LogP contribution in [0.4, 0.5) is 0 Å². The zero-order valence-corrected chi connectivity index (χ0v) is 23.1. The molecule has 1 aliphatic heterocycles. The Hall–Kier alpha value is -3.43. The van der Waals surface area contributed by atoms with Gasteiger partial charge in [-0.25, -0.2) is 13.2 Å². The average Bonchev–Trinajstić information content (AvgIpc) is 3.33. The van der Waals surface area contributed by atoms with E-state index in [0.29, 0.717) is 27.4 Å². The van der Waals surface area contributed by atoms with Crippen LogP contribution in [0.2, 0.25) is 5.02 Å². The molecule has 1 aromatic heterocycles. The molecule has 1 N–H and O–H groups in total. The number of benzene rings is 2. The van der Waals surface area contributed by atoms with E-state index in [4.69, 9.17) is 28.2 Å². The Morgan fingerprint density at radius 2 is 1.97 bits per heavy atom. The van der Waals surface area contributed by atoms with E-state index in [1.54, 1.807) is 54.4 Å². The van der Waals surface area contributed by atoms with Crippen molar-refractivity contribution >= 4 is 60.8 Å². The fourth-order valence-corrected chi connectivity index (χ4v) is 7.35. The molecular formula is C26H25ClN4O5S2. The molecule has 1 saturated heterocycles. The van der Waals surface area contributed by atoms with Crippen LogP contribution in [0.25, 0.3) is 10.1 Å². The SMILES string of the molecule is C#CCN(C)C(=N)c1ccc(CN2C(=O)CN(S(=O)(=O)c3cc4ccc(Cl)cc4s3)C[C@@H]2C(=O)OC)cc1. The van der Waals surface area contributed by atoms with Gasteiger partial charge in [0.15, 0.2) is 0 Å². The zero-order valence-electron chi connectivity index (χ0n) is 20.7. The summed E-state index contributed by atoms with van der Waals surface area (Å²) in [6, 6.07) is 12.5. The van der Waals surface area contributed by atoms with Gasteiger partial charge in [-0.15, -0.1) is 17.8 Å². The molecule has 1 fully saturated rings. The van der Waals surface area contributed by atoms with Crippen molar-refractivity contribution < 1.29 is 22.7 Å². The Morgan fingerprint density at radius 3 is 2.63 bits per heavy atom. The zero-order chi connectivity index (χ0) is 27.6. The molecule has 2 aromatic carbocycles. The second-order valence-corrected chi connectivity index (χ2v) is 12.4. The summed E-state index contributed by atoms with van der Waals surface area (Å²) < 4.78 is 33.6. The summed E-state index contributed by atoms with van der Waals surface area (Å²) in [6.07, 6.45) is 5.32. The molecule has 0 radical (unpaired) electrons. The van der Waals surface area contributed by atoms with Crippen LogP contribution in [0.5, 0.6) is 0 Å². The monoisotopic (exact) mass is 572 g/mol. The number of terminal acetylenes is 1. The quantitative estimate of drug-likeness (QED) is 0.202.